The average Bonchev–Trinajstić information content (AvgIpc) is 3.31. The molecule has 1 aromatic heterocycles. The standard InChI is InChI=1S/C23H26N6O2/c1-28-12-10-23(11-13-28)15-20(19-4-2-3-5-21(19)31-23)25-22(30)14-17-6-8-18(9-7-17)29-16-24-26-27-29/h2-9,16,20H,10-15H2,1H3,(H,25,30). The van der Waals surface area contributed by atoms with Crippen molar-refractivity contribution in [1.29, 1.82) is 0 Å². The topological polar surface area (TPSA) is 85.2 Å². The third-order valence-electron chi connectivity index (χ3n) is 6.35. The van der Waals surface area contributed by atoms with E-state index in [0.29, 0.717) is 6.42 Å². The molecule has 1 N–H and O–H groups in total. The van der Waals surface area contributed by atoms with Crippen LogP contribution in [0, 0.1) is 0 Å². The molecule has 3 aromatic rings. The fraction of sp³-hybridized carbons (Fsp3) is 0.391. The van der Waals surface area contributed by atoms with Gasteiger partial charge in [0, 0.05) is 25.1 Å². The Bertz CT molecular complexity index is 1040. The van der Waals surface area contributed by atoms with E-state index in [0.717, 1.165) is 54.9 Å². The number of carbonyl (C=O) groups excluding carboxylic acids is 1. The molecule has 1 saturated heterocycles. The van der Waals surface area contributed by atoms with Gasteiger partial charge in [0.05, 0.1) is 18.2 Å². The predicted molar refractivity (Wildman–Crippen MR) is 115 cm³/mol. The molecule has 1 atom stereocenters. The number of hydrogen-bond acceptors (Lipinski definition) is 6. The van der Waals surface area contributed by atoms with Crippen LogP contribution in [0.1, 0.15) is 36.4 Å². The third-order valence-corrected chi connectivity index (χ3v) is 6.35. The third kappa shape index (κ3) is 4.16. The number of ether oxygens (including phenoxy) is 1. The highest BCUT2D eigenvalue weighted by molar-refractivity contribution is 5.79. The van der Waals surface area contributed by atoms with Crippen LogP contribution in [0.5, 0.6) is 5.75 Å². The molecule has 5 rings (SSSR count). The summed E-state index contributed by atoms with van der Waals surface area (Å²) in [5.74, 6) is 0.911. The smallest absolute Gasteiger partial charge is 0.224 e. The van der Waals surface area contributed by atoms with Crippen molar-refractivity contribution < 1.29 is 9.53 Å². The molecule has 160 valence electrons. The molecule has 0 bridgehead atoms. The van der Waals surface area contributed by atoms with E-state index in [1.807, 2.05) is 42.5 Å². The quantitative estimate of drug-likeness (QED) is 0.700. The van der Waals surface area contributed by atoms with Crippen LogP contribution in [-0.2, 0) is 11.2 Å². The van der Waals surface area contributed by atoms with Crippen LogP contribution in [0.4, 0.5) is 0 Å². The lowest BCUT2D eigenvalue weighted by molar-refractivity contribution is -0.122. The number of likely N-dealkylation sites (tertiary alicyclic amines) is 1. The maximum Gasteiger partial charge on any atom is 0.224 e. The van der Waals surface area contributed by atoms with Crippen molar-refractivity contribution in [2.24, 2.45) is 0 Å². The zero-order chi connectivity index (χ0) is 21.3. The van der Waals surface area contributed by atoms with Gasteiger partial charge < -0.3 is 15.0 Å². The van der Waals surface area contributed by atoms with Gasteiger partial charge in [0.15, 0.2) is 0 Å². The number of hydrogen-bond donors (Lipinski definition) is 1. The lowest BCUT2D eigenvalue weighted by atomic mass is 9.80. The lowest BCUT2D eigenvalue weighted by Gasteiger charge is -2.46. The second-order valence-corrected chi connectivity index (χ2v) is 8.55. The Labute approximate surface area is 181 Å². The van der Waals surface area contributed by atoms with Crippen LogP contribution in [0.15, 0.2) is 54.9 Å². The number of rotatable bonds is 4. The normalized spacial score (nSPS) is 20.1. The number of fused-ring (bicyclic) bond motifs is 1. The Balaban J connectivity index is 1.29. The van der Waals surface area contributed by atoms with Gasteiger partial charge >= 0.3 is 0 Å². The van der Waals surface area contributed by atoms with E-state index in [9.17, 15) is 4.79 Å². The van der Waals surface area contributed by atoms with Gasteiger partial charge in [0.1, 0.15) is 17.7 Å². The van der Waals surface area contributed by atoms with Crippen molar-refractivity contribution in [3.63, 3.8) is 0 Å². The Morgan fingerprint density at radius 3 is 2.68 bits per heavy atom. The van der Waals surface area contributed by atoms with E-state index in [1.165, 1.54) is 0 Å². The Morgan fingerprint density at radius 2 is 1.94 bits per heavy atom. The summed E-state index contributed by atoms with van der Waals surface area (Å²) >= 11 is 0. The number of benzene rings is 2. The van der Waals surface area contributed by atoms with Crippen LogP contribution >= 0.6 is 0 Å². The number of tetrazole rings is 1. The summed E-state index contributed by atoms with van der Waals surface area (Å²) in [4.78, 5) is 15.3. The average molecular weight is 419 g/mol. The van der Waals surface area contributed by atoms with Crippen LogP contribution in [0.25, 0.3) is 5.69 Å². The first-order valence-corrected chi connectivity index (χ1v) is 10.7. The van der Waals surface area contributed by atoms with Crippen molar-refractivity contribution in [1.82, 2.24) is 30.4 Å². The predicted octanol–water partition coefficient (Wildman–Crippen LogP) is 2.31. The molecule has 0 saturated carbocycles. The highest BCUT2D eigenvalue weighted by atomic mass is 16.5. The van der Waals surface area contributed by atoms with Gasteiger partial charge in [-0.05, 0) is 54.1 Å². The number of carbonyl (C=O) groups is 1. The van der Waals surface area contributed by atoms with Gasteiger partial charge in [-0.25, -0.2) is 4.68 Å². The van der Waals surface area contributed by atoms with Crippen LogP contribution in [0.2, 0.25) is 0 Å². The van der Waals surface area contributed by atoms with Crippen LogP contribution < -0.4 is 10.1 Å². The molecule has 2 aromatic carbocycles. The van der Waals surface area contributed by atoms with E-state index in [-0.39, 0.29) is 17.6 Å². The first-order valence-electron chi connectivity index (χ1n) is 10.7. The summed E-state index contributed by atoms with van der Waals surface area (Å²) in [7, 11) is 2.15. The number of aromatic nitrogens is 4. The van der Waals surface area contributed by atoms with Crippen LogP contribution in [0.3, 0.4) is 0 Å². The molecule has 2 aliphatic heterocycles. The van der Waals surface area contributed by atoms with Crippen molar-refractivity contribution in [2.45, 2.75) is 37.3 Å². The number of nitrogens with zero attached hydrogens (tertiary/aromatic N) is 5. The zero-order valence-electron chi connectivity index (χ0n) is 17.6. The van der Waals surface area contributed by atoms with Gasteiger partial charge in [-0.1, -0.05) is 30.3 Å². The zero-order valence-corrected chi connectivity index (χ0v) is 17.6. The first-order chi connectivity index (χ1) is 15.1. The second kappa shape index (κ2) is 8.11. The van der Waals surface area contributed by atoms with Gasteiger partial charge in [0.25, 0.3) is 0 Å². The van der Waals surface area contributed by atoms with Gasteiger partial charge in [0.2, 0.25) is 5.91 Å². The highest BCUT2D eigenvalue weighted by Gasteiger charge is 2.43. The maximum atomic E-state index is 12.9. The molecule has 0 radical (unpaired) electrons. The largest absolute Gasteiger partial charge is 0.487 e. The summed E-state index contributed by atoms with van der Waals surface area (Å²) in [5, 5.41) is 14.5. The lowest BCUT2D eigenvalue weighted by Crippen LogP contribution is -2.51. The van der Waals surface area contributed by atoms with E-state index >= 15 is 0 Å². The Morgan fingerprint density at radius 1 is 1.16 bits per heavy atom. The van der Waals surface area contributed by atoms with Crippen molar-refractivity contribution >= 4 is 5.91 Å². The van der Waals surface area contributed by atoms with Crippen molar-refractivity contribution in [2.75, 3.05) is 20.1 Å². The minimum absolute atomic E-state index is 0.0138. The Hall–Kier alpha value is -3.26. The number of amides is 1. The fourth-order valence-corrected chi connectivity index (χ4v) is 4.56. The molecule has 1 amide bonds. The van der Waals surface area contributed by atoms with Gasteiger partial charge in [-0.15, -0.1) is 5.10 Å². The molecule has 8 heteroatoms. The summed E-state index contributed by atoms with van der Waals surface area (Å²) in [6.45, 7) is 2.02. The van der Waals surface area contributed by atoms with E-state index in [4.69, 9.17) is 4.74 Å². The first kappa shape index (κ1) is 19.7. The van der Waals surface area contributed by atoms with Crippen molar-refractivity contribution in [3.8, 4) is 11.4 Å². The molecule has 1 unspecified atom stereocenters. The SMILES string of the molecule is CN1CCC2(CC1)CC(NC(=O)Cc1ccc(-n3cnnn3)cc1)c1ccccc1O2. The molecule has 3 heterocycles. The molecule has 31 heavy (non-hydrogen) atoms. The molecule has 8 nitrogen and oxygen atoms in total. The highest BCUT2D eigenvalue weighted by Crippen LogP contribution is 2.44. The molecule has 1 fully saturated rings. The summed E-state index contributed by atoms with van der Waals surface area (Å²) in [5.41, 5.74) is 2.67. The maximum absolute atomic E-state index is 12.9. The molecular formula is C23H26N6O2. The summed E-state index contributed by atoms with van der Waals surface area (Å²) < 4.78 is 8.08. The molecule has 0 aliphatic carbocycles. The number of nitrogens with one attached hydrogen (secondary N) is 1. The van der Waals surface area contributed by atoms with E-state index < -0.39 is 0 Å². The second-order valence-electron chi connectivity index (χ2n) is 8.55. The Kier molecular flexibility index (Phi) is 5.15. The van der Waals surface area contributed by atoms with Crippen LogP contribution in [-0.4, -0.2) is 56.8 Å². The van der Waals surface area contributed by atoms with E-state index in [2.05, 4.69) is 38.9 Å². The monoisotopic (exact) mass is 418 g/mol. The molecule has 1 spiro atoms. The fourth-order valence-electron chi connectivity index (χ4n) is 4.56. The molecule has 2 aliphatic rings. The number of piperidine rings is 1. The minimum atomic E-state index is -0.202. The van der Waals surface area contributed by atoms with Crippen molar-refractivity contribution in [3.05, 3.63) is 66.0 Å². The summed E-state index contributed by atoms with van der Waals surface area (Å²) in [6, 6.07) is 15.7. The van der Waals surface area contributed by atoms with E-state index in [1.54, 1.807) is 11.0 Å². The number of para-hydroxylation sites is 1. The van der Waals surface area contributed by atoms with Gasteiger partial charge in [-0.3, -0.25) is 4.79 Å². The van der Waals surface area contributed by atoms with Gasteiger partial charge in [-0.2, -0.15) is 0 Å². The summed E-state index contributed by atoms with van der Waals surface area (Å²) in [6.07, 6.45) is 4.63. The molecular weight excluding hydrogens is 392 g/mol. The minimum Gasteiger partial charge on any atom is -0.487 e.